The van der Waals surface area contributed by atoms with Crippen LogP contribution in [0.2, 0.25) is 0 Å². The fraction of sp³-hybridized carbons (Fsp3) is 0.385. The van der Waals surface area contributed by atoms with Gasteiger partial charge in [0.1, 0.15) is 0 Å². The van der Waals surface area contributed by atoms with E-state index in [1.807, 2.05) is 18.2 Å². The molecule has 0 saturated carbocycles. The third-order valence-corrected chi connectivity index (χ3v) is 2.97. The third kappa shape index (κ3) is 3.22. The van der Waals surface area contributed by atoms with Gasteiger partial charge in [-0.15, -0.1) is 0 Å². The first-order valence-electron chi connectivity index (χ1n) is 5.78. The fourth-order valence-corrected chi connectivity index (χ4v) is 2.07. The van der Waals surface area contributed by atoms with E-state index in [9.17, 15) is 9.59 Å². The van der Waals surface area contributed by atoms with Crippen LogP contribution in [0.5, 0.6) is 0 Å². The van der Waals surface area contributed by atoms with Crippen LogP contribution in [-0.4, -0.2) is 42.6 Å². The van der Waals surface area contributed by atoms with Gasteiger partial charge in [0.05, 0.1) is 6.04 Å². The van der Waals surface area contributed by atoms with Gasteiger partial charge in [-0.3, -0.25) is 14.5 Å². The molecule has 2 rings (SSSR count). The van der Waals surface area contributed by atoms with Gasteiger partial charge >= 0.3 is 0 Å². The molecule has 4 nitrogen and oxygen atoms in total. The van der Waals surface area contributed by atoms with Gasteiger partial charge < -0.3 is 5.32 Å². The standard InChI is InChI=1S/C13H16N2O2/c16-10-13(17)12-9-15(7-6-14-12)8-11-4-2-1-3-5-11/h1-5,10,12,14H,6-9H2. The average molecular weight is 232 g/mol. The molecule has 1 N–H and O–H groups in total. The second-order valence-electron chi connectivity index (χ2n) is 4.25. The Morgan fingerprint density at radius 3 is 2.88 bits per heavy atom. The van der Waals surface area contributed by atoms with Gasteiger partial charge in [-0.1, -0.05) is 30.3 Å². The van der Waals surface area contributed by atoms with Gasteiger partial charge in [-0.2, -0.15) is 0 Å². The molecule has 1 fully saturated rings. The fourth-order valence-electron chi connectivity index (χ4n) is 2.07. The molecule has 1 aromatic rings. The summed E-state index contributed by atoms with van der Waals surface area (Å²) in [7, 11) is 0. The second-order valence-corrected chi connectivity index (χ2v) is 4.25. The number of nitrogens with zero attached hydrogens (tertiary/aromatic N) is 1. The maximum atomic E-state index is 11.3. The number of hydrogen-bond acceptors (Lipinski definition) is 4. The van der Waals surface area contributed by atoms with Crippen molar-refractivity contribution in [1.82, 2.24) is 10.2 Å². The Kier molecular flexibility index (Phi) is 4.01. The number of benzene rings is 1. The minimum atomic E-state index is -0.359. The van der Waals surface area contributed by atoms with Crippen LogP contribution in [0.15, 0.2) is 30.3 Å². The van der Waals surface area contributed by atoms with Crippen molar-refractivity contribution in [3.63, 3.8) is 0 Å². The molecule has 0 aliphatic carbocycles. The Balaban J connectivity index is 1.94. The van der Waals surface area contributed by atoms with Crippen LogP contribution in [0.3, 0.4) is 0 Å². The minimum absolute atomic E-state index is 0.343. The molecule has 1 unspecified atom stereocenters. The summed E-state index contributed by atoms with van der Waals surface area (Å²) in [5.41, 5.74) is 1.23. The van der Waals surface area contributed by atoms with Crippen LogP contribution in [0.4, 0.5) is 0 Å². The predicted molar refractivity (Wildman–Crippen MR) is 64.6 cm³/mol. The normalized spacial score (nSPS) is 21.1. The Bertz CT molecular complexity index is 392. The van der Waals surface area contributed by atoms with E-state index in [0.29, 0.717) is 12.8 Å². The van der Waals surface area contributed by atoms with E-state index in [2.05, 4.69) is 22.3 Å². The molecule has 4 heteroatoms. The van der Waals surface area contributed by atoms with Crippen molar-refractivity contribution in [2.24, 2.45) is 0 Å². The molecule has 90 valence electrons. The molecule has 1 aliphatic heterocycles. The molecule has 1 atom stereocenters. The van der Waals surface area contributed by atoms with Crippen molar-refractivity contribution in [3.8, 4) is 0 Å². The molecule has 0 aromatic heterocycles. The van der Waals surface area contributed by atoms with Crippen molar-refractivity contribution < 1.29 is 9.59 Å². The van der Waals surface area contributed by atoms with Crippen molar-refractivity contribution in [1.29, 1.82) is 0 Å². The molecule has 0 spiro atoms. The highest BCUT2D eigenvalue weighted by Gasteiger charge is 2.24. The van der Waals surface area contributed by atoms with Crippen LogP contribution in [0, 0.1) is 0 Å². The Morgan fingerprint density at radius 1 is 1.41 bits per heavy atom. The molecule has 1 heterocycles. The first-order valence-corrected chi connectivity index (χ1v) is 5.78. The van der Waals surface area contributed by atoms with Crippen molar-refractivity contribution in [2.45, 2.75) is 12.6 Å². The van der Waals surface area contributed by atoms with Crippen LogP contribution < -0.4 is 5.32 Å². The SMILES string of the molecule is O=CC(=O)C1CN(Cc2ccccc2)CCN1. The molecule has 17 heavy (non-hydrogen) atoms. The predicted octanol–water partition coefficient (Wildman–Crippen LogP) is 0.228. The minimum Gasteiger partial charge on any atom is -0.305 e. The number of piperazine rings is 1. The zero-order valence-corrected chi connectivity index (χ0v) is 9.63. The third-order valence-electron chi connectivity index (χ3n) is 2.97. The van der Waals surface area contributed by atoms with Gasteiger partial charge in [-0.05, 0) is 5.56 Å². The summed E-state index contributed by atoms with van der Waals surface area (Å²) in [6, 6.07) is 9.79. The molecule has 0 bridgehead atoms. The summed E-state index contributed by atoms with van der Waals surface area (Å²) < 4.78 is 0. The van der Waals surface area contributed by atoms with E-state index >= 15 is 0 Å². The summed E-state index contributed by atoms with van der Waals surface area (Å²) in [5.74, 6) is -0.359. The highest BCUT2D eigenvalue weighted by Crippen LogP contribution is 2.07. The molecular weight excluding hydrogens is 216 g/mol. The Hall–Kier alpha value is -1.52. The van der Waals surface area contributed by atoms with E-state index in [4.69, 9.17) is 0 Å². The lowest BCUT2D eigenvalue weighted by molar-refractivity contribution is -0.132. The number of aldehydes is 1. The van der Waals surface area contributed by atoms with Crippen LogP contribution >= 0.6 is 0 Å². The summed E-state index contributed by atoms with van der Waals surface area (Å²) in [5, 5.41) is 3.06. The Morgan fingerprint density at radius 2 is 2.18 bits per heavy atom. The molecule has 0 radical (unpaired) electrons. The van der Waals surface area contributed by atoms with E-state index < -0.39 is 0 Å². The van der Waals surface area contributed by atoms with Gasteiger partial charge in [0, 0.05) is 26.2 Å². The zero-order valence-electron chi connectivity index (χ0n) is 9.63. The topological polar surface area (TPSA) is 49.4 Å². The van der Waals surface area contributed by atoms with E-state index in [1.165, 1.54) is 5.56 Å². The van der Waals surface area contributed by atoms with E-state index in [0.717, 1.165) is 19.6 Å². The second kappa shape index (κ2) is 5.70. The monoisotopic (exact) mass is 232 g/mol. The quantitative estimate of drug-likeness (QED) is 0.596. The summed E-state index contributed by atoms with van der Waals surface area (Å²) in [6.07, 6.45) is 0.406. The highest BCUT2D eigenvalue weighted by atomic mass is 16.2. The smallest absolute Gasteiger partial charge is 0.213 e. The molecule has 1 aromatic carbocycles. The maximum Gasteiger partial charge on any atom is 0.213 e. The van der Waals surface area contributed by atoms with Crippen molar-refractivity contribution in [3.05, 3.63) is 35.9 Å². The average Bonchev–Trinajstić information content (AvgIpc) is 2.39. The van der Waals surface area contributed by atoms with Gasteiger partial charge in [-0.25, -0.2) is 0 Å². The summed E-state index contributed by atoms with van der Waals surface area (Å²) >= 11 is 0. The van der Waals surface area contributed by atoms with Crippen molar-refractivity contribution in [2.75, 3.05) is 19.6 Å². The molecular formula is C13H16N2O2. The van der Waals surface area contributed by atoms with Crippen LogP contribution in [0.25, 0.3) is 0 Å². The number of Topliss-reactive ketones (excluding diaryl/α,β-unsaturated/α-hetero) is 1. The van der Waals surface area contributed by atoms with Crippen molar-refractivity contribution >= 4 is 12.1 Å². The first kappa shape index (κ1) is 12.0. The molecule has 1 saturated heterocycles. The van der Waals surface area contributed by atoms with E-state index in [1.54, 1.807) is 0 Å². The lowest BCUT2D eigenvalue weighted by atomic mass is 10.1. The Labute approximate surface area is 101 Å². The number of rotatable bonds is 4. The molecule has 0 amide bonds. The van der Waals surface area contributed by atoms with Crippen LogP contribution in [0.1, 0.15) is 5.56 Å². The summed E-state index contributed by atoms with van der Waals surface area (Å²) in [4.78, 5) is 24.0. The number of nitrogens with one attached hydrogen (secondary N) is 1. The maximum absolute atomic E-state index is 11.3. The van der Waals surface area contributed by atoms with Gasteiger partial charge in [0.15, 0.2) is 6.29 Å². The number of carbonyl (C=O) groups is 2. The largest absolute Gasteiger partial charge is 0.305 e. The number of carbonyl (C=O) groups excluding carboxylic acids is 2. The first-order chi connectivity index (χ1) is 8.29. The van der Waals surface area contributed by atoms with Gasteiger partial charge in [0.2, 0.25) is 5.78 Å². The van der Waals surface area contributed by atoms with E-state index in [-0.39, 0.29) is 11.8 Å². The number of ketones is 1. The highest BCUT2D eigenvalue weighted by molar-refractivity contribution is 6.27. The number of hydrogen-bond donors (Lipinski definition) is 1. The van der Waals surface area contributed by atoms with Gasteiger partial charge in [0.25, 0.3) is 0 Å². The molecule has 1 aliphatic rings. The lowest BCUT2D eigenvalue weighted by Crippen LogP contribution is -2.54. The van der Waals surface area contributed by atoms with Crippen LogP contribution in [-0.2, 0) is 16.1 Å². The lowest BCUT2D eigenvalue weighted by Gasteiger charge is -2.32. The summed E-state index contributed by atoms with van der Waals surface area (Å²) in [6.45, 7) is 3.08. The zero-order chi connectivity index (χ0) is 12.1.